The van der Waals surface area contributed by atoms with Crippen molar-refractivity contribution in [2.45, 2.75) is 31.7 Å². The maximum absolute atomic E-state index is 9.06. The third-order valence-corrected chi connectivity index (χ3v) is 1.61. The van der Waals surface area contributed by atoms with E-state index in [1.807, 2.05) is 0 Å². The van der Waals surface area contributed by atoms with Gasteiger partial charge in [-0.2, -0.15) is 0 Å². The number of aliphatic hydroxyl groups excluding tert-OH is 2. The van der Waals surface area contributed by atoms with Crippen LogP contribution in [0.1, 0.15) is 13.3 Å². The molecule has 1 fully saturated rings. The molecule has 2 N–H and O–H groups in total. The molecule has 0 unspecified atom stereocenters. The van der Waals surface area contributed by atoms with Gasteiger partial charge >= 0.3 is 0 Å². The van der Waals surface area contributed by atoms with E-state index in [1.165, 1.54) is 0 Å². The minimum Gasteiger partial charge on any atom is -0.391 e. The maximum Gasteiger partial charge on any atom is 0.0824 e. The summed E-state index contributed by atoms with van der Waals surface area (Å²) in [7, 11) is 0. The van der Waals surface area contributed by atoms with E-state index in [0.29, 0.717) is 13.0 Å². The Morgan fingerprint density at radius 1 is 1.36 bits per heavy atom. The van der Waals surface area contributed by atoms with Gasteiger partial charge in [0.05, 0.1) is 24.9 Å². The van der Waals surface area contributed by atoms with Crippen LogP contribution in [-0.2, 0) is 4.74 Å². The second-order valence-corrected chi connectivity index (χ2v) is 2.50. The van der Waals surface area contributed by atoms with E-state index >= 15 is 0 Å². The Morgan fingerprint density at radius 2 is 1.91 bits per heavy atom. The molecule has 1 heterocycles. The molecule has 0 spiro atoms. The van der Waals surface area contributed by atoms with Gasteiger partial charge in [0.2, 0.25) is 0 Å². The lowest BCUT2D eigenvalue weighted by atomic mass is 10.1. The Morgan fingerprint density at radius 3 is 2.27 bits per heavy atom. The molecule has 0 radical (unpaired) electrons. The van der Waals surface area contributed by atoms with Gasteiger partial charge in [-0.1, -0.05) is 0 Å². The summed E-state index contributed by atoms with van der Waals surface area (Å²) in [6.45, 7) is 8.16. The molecule has 0 aromatic rings. The highest BCUT2D eigenvalue weighted by atomic mass is 16.5. The molecule has 0 amide bonds. The van der Waals surface area contributed by atoms with Crippen molar-refractivity contribution in [2.75, 3.05) is 6.61 Å². The van der Waals surface area contributed by atoms with Gasteiger partial charge in [-0.3, -0.25) is 0 Å². The zero-order valence-corrected chi connectivity index (χ0v) is 6.86. The molecule has 66 valence electrons. The summed E-state index contributed by atoms with van der Waals surface area (Å²) >= 11 is 0. The zero-order chi connectivity index (χ0) is 8.85. The first kappa shape index (κ1) is 10.6. The normalized spacial score (nSPS) is 37.2. The Balaban J connectivity index is 0.000000461. The molecule has 1 saturated heterocycles. The van der Waals surface area contributed by atoms with Gasteiger partial charge in [-0.25, -0.2) is 0 Å². The second-order valence-electron chi connectivity index (χ2n) is 2.50. The lowest BCUT2D eigenvalue weighted by Gasteiger charge is -2.28. The van der Waals surface area contributed by atoms with Crippen LogP contribution in [0.3, 0.4) is 0 Å². The summed E-state index contributed by atoms with van der Waals surface area (Å²) in [6.07, 6.45) is -0.639. The Bertz CT molecular complexity index is 106. The summed E-state index contributed by atoms with van der Waals surface area (Å²) < 4.78 is 5.00. The van der Waals surface area contributed by atoms with Gasteiger partial charge in [0.25, 0.3) is 0 Å². The Hall–Kier alpha value is -0.380. The van der Waals surface area contributed by atoms with Crippen molar-refractivity contribution in [3.63, 3.8) is 0 Å². The molecular formula is C8H16O3. The van der Waals surface area contributed by atoms with Crippen molar-refractivity contribution in [1.29, 1.82) is 0 Å². The number of aliphatic hydroxyl groups is 2. The van der Waals surface area contributed by atoms with Crippen LogP contribution in [0, 0.1) is 0 Å². The largest absolute Gasteiger partial charge is 0.391 e. The average molecular weight is 160 g/mol. The van der Waals surface area contributed by atoms with Crippen molar-refractivity contribution in [2.24, 2.45) is 0 Å². The Kier molecular flexibility index (Phi) is 5.11. The third kappa shape index (κ3) is 3.51. The molecule has 3 atom stereocenters. The molecule has 0 aliphatic carbocycles. The van der Waals surface area contributed by atoms with Crippen molar-refractivity contribution in [3.05, 3.63) is 13.2 Å². The van der Waals surface area contributed by atoms with Crippen LogP contribution in [0.5, 0.6) is 0 Å². The van der Waals surface area contributed by atoms with E-state index < -0.39 is 12.2 Å². The molecular weight excluding hydrogens is 144 g/mol. The molecule has 0 aromatic heterocycles. The summed E-state index contributed by atoms with van der Waals surface area (Å²) in [5.41, 5.74) is 0. The number of ether oxygens (including phenoxy) is 1. The van der Waals surface area contributed by atoms with Crippen molar-refractivity contribution < 1.29 is 14.9 Å². The number of rotatable bonds is 0. The van der Waals surface area contributed by atoms with Gasteiger partial charge in [-0.15, -0.1) is 13.2 Å². The van der Waals surface area contributed by atoms with Crippen molar-refractivity contribution in [1.82, 2.24) is 0 Å². The fourth-order valence-corrected chi connectivity index (χ4v) is 0.912. The molecule has 11 heavy (non-hydrogen) atoms. The zero-order valence-electron chi connectivity index (χ0n) is 6.86. The predicted molar refractivity (Wildman–Crippen MR) is 43.3 cm³/mol. The van der Waals surface area contributed by atoms with Gasteiger partial charge in [0.1, 0.15) is 0 Å². The van der Waals surface area contributed by atoms with E-state index in [0.717, 1.165) is 0 Å². The molecule has 1 rings (SSSR count). The van der Waals surface area contributed by atoms with Gasteiger partial charge < -0.3 is 14.9 Å². The quantitative estimate of drug-likeness (QED) is 0.502. The van der Waals surface area contributed by atoms with Crippen LogP contribution < -0.4 is 0 Å². The summed E-state index contributed by atoms with van der Waals surface area (Å²) in [5, 5.41) is 18.0. The molecule has 1 aliphatic rings. The fourth-order valence-electron chi connectivity index (χ4n) is 0.912. The third-order valence-electron chi connectivity index (χ3n) is 1.61. The average Bonchev–Trinajstić information content (AvgIpc) is 2.02. The summed E-state index contributed by atoms with van der Waals surface area (Å²) in [5.74, 6) is 0. The molecule has 0 bridgehead atoms. The molecule has 3 nitrogen and oxygen atoms in total. The van der Waals surface area contributed by atoms with E-state index in [1.54, 1.807) is 6.92 Å². The van der Waals surface area contributed by atoms with Gasteiger partial charge in [0.15, 0.2) is 0 Å². The van der Waals surface area contributed by atoms with Crippen molar-refractivity contribution >= 4 is 0 Å². The first-order valence-corrected chi connectivity index (χ1v) is 3.68. The second kappa shape index (κ2) is 5.29. The number of hydrogen-bond acceptors (Lipinski definition) is 3. The van der Waals surface area contributed by atoms with E-state index in [2.05, 4.69) is 13.2 Å². The first-order valence-electron chi connectivity index (χ1n) is 3.68. The smallest absolute Gasteiger partial charge is 0.0824 e. The molecule has 3 heteroatoms. The minimum atomic E-state index is -0.492. The van der Waals surface area contributed by atoms with Crippen LogP contribution in [-0.4, -0.2) is 35.1 Å². The lowest BCUT2D eigenvalue weighted by Crippen LogP contribution is -2.39. The first-order chi connectivity index (χ1) is 5.20. The Labute approximate surface area is 67.3 Å². The van der Waals surface area contributed by atoms with E-state index in [9.17, 15) is 0 Å². The van der Waals surface area contributed by atoms with Crippen LogP contribution in [0.2, 0.25) is 0 Å². The summed E-state index contributed by atoms with van der Waals surface area (Å²) in [6, 6.07) is 0. The lowest BCUT2D eigenvalue weighted by molar-refractivity contribution is -0.115. The SMILES string of the molecule is C=C.C[C@H]1OC[C@@H](O)C[C@@H]1O. The highest BCUT2D eigenvalue weighted by molar-refractivity contribution is 4.74. The highest BCUT2D eigenvalue weighted by Crippen LogP contribution is 2.12. The van der Waals surface area contributed by atoms with Crippen LogP contribution in [0.15, 0.2) is 13.2 Å². The van der Waals surface area contributed by atoms with E-state index in [4.69, 9.17) is 14.9 Å². The van der Waals surface area contributed by atoms with Crippen LogP contribution in [0.25, 0.3) is 0 Å². The molecule has 0 aromatic carbocycles. The minimum absolute atomic E-state index is 0.117. The fraction of sp³-hybridized carbons (Fsp3) is 0.750. The monoisotopic (exact) mass is 160 g/mol. The maximum atomic E-state index is 9.06. The standard InChI is InChI=1S/C6H12O3.C2H4/c1-4-6(8)2-5(7)3-9-4;1-2/h4-8H,2-3H2,1H3;1-2H2/t4-,5+,6+;/m1./s1. The van der Waals surface area contributed by atoms with Crippen LogP contribution in [0.4, 0.5) is 0 Å². The molecule has 1 aliphatic heterocycles. The highest BCUT2D eigenvalue weighted by Gasteiger charge is 2.24. The van der Waals surface area contributed by atoms with Crippen LogP contribution >= 0.6 is 0 Å². The molecule has 0 saturated carbocycles. The van der Waals surface area contributed by atoms with E-state index in [-0.39, 0.29) is 6.10 Å². The predicted octanol–water partition coefficient (Wildman–Crippen LogP) is 0.319. The van der Waals surface area contributed by atoms with Gasteiger partial charge in [-0.05, 0) is 6.92 Å². The topological polar surface area (TPSA) is 49.7 Å². The summed E-state index contributed by atoms with van der Waals surface area (Å²) in [4.78, 5) is 0. The van der Waals surface area contributed by atoms with Crippen molar-refractivity contribution in [3.8, 4) is 0 Å². The van der Waals surface area contributed by atoms with Gasteiger partial charge in [0, 0.05) is 6.42 Å². The number of hydrogen-bond donors (Lipinski definition) is 2.